The monoisotopic (exact) mass is 349 g/mol. The second kappa shape index (κ2) is 8.15. The van der Waals surface area contributed by atoms with Crippen LogP contribution in [0.25, 0.3) is 0 Å². The molecule has 1 heterocycles. The Hall–Kier alpha value is -1.66. The number of carbonyl (C=O) groups is 1. The Bertz CT molecular complexity index is 596. The molecule has 1 N–H and O–H groups in total. The van der Waals surface area contributed by atoms with Crippen molar-refractivity contribution in [2.24, 2.45) is 0 Å². The molecule has 0 radical (unpaired) electrons. The molecule has 1 aromatic rings. The van der Waals surface area contributed by atoms with Crippen molar-refractivity contribution in [3.63, 3.8) is 0 Å². The first-order valence-corrected chi connectivity index (χ1v) is 9.22. The maximum atomic E-state index is 13.6. The number of anilines is 1. The predicted molar refractivity (Wildman–Crippen MR) is 96.4 cm³/mol. The second-order valence-corrected chi connectivity index (χ2v) is 7.17. The van der Waals surface area contributed by atoms with Crippen molar-refractivity contribution in [3.05, 3.63) is 24.0 Å². The van der Waals surface area contributed by atoms with Crippen molar-refractivity contribution >= 4 is 11.6 Å². The number of nitrogens with zero attached hydrogens (tertiary/aromatic N) is 2. The van der Waals surface area contributed by atoms with Crippen LogP contribution >= 0.6 is 0 Å². The summed E-state index contributed by atoms with van der Waals surface area (Å²) in [6.07, 6.45) is 4.38. The van der Waals surface area contributed by atoms with Crippen molar-refractivity contribution < 1.29 is 13.9 Å². The van der Waals surface area contributed by atoms with E-state index in [-0.39, 0.29) is 23.9 Å². The summed E-state index contributed by atoms with van der Waals surface area (Å²) in [5.74, 6) is 0.0105. The molecule has 2 aliphatic rings. The number of hydrogen-bond donors (Lipinski definition) is 1. The Morgan fingerprint density at radius 3 is 2.60 bits per heavy atom. The molecular formula is C19H28FN3O2. The van der Waals surface area contributed by atoms with Gasteiger partial charge in [0.25, 0.3) is 0 Å². The van der Waals surface area contributed by atoms with Crippen molar-refractivity contribution in [1.82, 2.24) is 9.80 Å². The number of hydrogen-bond acceptors (Lipinski definition) is 4. The highest BCUT2D eigenvalue weighted by Gasteiger charge is 2.25. The molecule has 1 aliphatic heterocycles. The summed E-state index contributed by atoms with van der Waals surface area (Å²) in [6.45, 7) is 5.59. The Morgan fingerprint density at radius 2 is 1.92 bits per heavy atom. The van der Waals surface area contributed by atoms with E-state index in [0.717, 1.165) is 51.9 Å². The van der Waals surface area contributed by atoms with Gasteiger partial charge in [-0.2, -0.15) is 0 Å². The van der Waals surface area contributed by atoms with E-state index in [2.05, 4.69) is 22.2 Å². The van der Waals surface area contributed by atoms with Gasteiger partial charge < -0.3 is 15.0 Å². The Labute approximate surface area is 149 Å². The van der Waals surface area contributed by atoms with Crippen LogP contribution in [0.15, 0.2) is 18.2 Å². The summed E-state index contributed by atoms with van der Waals surface area (Å²) in [4.78, 5) is 17.1. The highest BCUT2D eigenvalue weighted by atomic mass is 19.1. The number of piperazine rings is 1. The lowest BCUT2D eigenvalue weighted by Gasteiger charge is -2.35. The van der Waals surface area contributed by atoms with E-state index in [0.29, 0.717) is 11.4 Å². The highest BCUT2D eigenvalue weighted by Crippen LogP contribution is 2.31. The first-order valence-electron chi connectivity index (χ1n) is 9.22. The molecule has 5 nitrogen and oxygen atoms in total. The molecule has 1 saturated carbocycles. The van der Waals surface area contributed by atoms with E-state index in [1.165, 1.54) is 12.1 Å². The minimum absolute atomic E-state index is 0.0765. The fourth-order valence-corrected chi connectivity index (χ4v) is 3.49. The number of likely N-dealkylation sites (N-methyl/N-ethyl adjacent to an activating group) is 1. The first-order chi connectivity index (χ1) is 12.0. The third-order valence-electron chi connectivity index (χ3n) is 5.26. The van der Waals surface area contributed by atoms with Crippen LogP contribution in [0.3, 0.4) is 0 Å². The van der Waals surface area contributed by atoms with Gasteiger partial charge in [-0.3, -0.25) is 9.69 Å². The molecule has 0 aromatic heterocycles. The number of ether oxygens (including phenoxy) is 1. The molecule has 0 bridgehead atoms. The average Bonchev–Trinajstić information content (AvgIpc) is 3.10. The molecule has 1 aliphatic carbocycles. The molecule has 138 valence electrons. The lowest BCUT2D eigenvalue weighted by atomic mass is 10.2. The summed E-state index contributed by atoms with van der Waals surface area (Å²) in [7, 11) is 2.09. The average molecular weight is 349 g/mol. The molecule has 1 amide bonds. The maximum Gasteiger partial charge on any atom is 0.241 e. The minimum Gasteiger partial charge on any atom is -0.488 e. The SMILES string of the molecule is C[C@@H](C(=O)Nc1ccc(F)cc1OC1CCCC1)N1CCN(C)CC1. The highest BCUT2D eigenvalue weighted by molar-refractivity contribution is 5.95. The van der Waals surface area contributed by atoms with Gasteiger partial charge in [-0.1, -0.05) is 0 Å². The summed E-state index contributed by atoms with van der Waals surface area (Å²) in [5, 5.41) is 2.93. The summed E-state index contributed by atoms with van der Waals surface area (Å²) < 4.78 is 19.6. The zero-order chi connectivity index (χ0) is 17.8. The fraction of sp³-hybridized carbons (Fsp3) is 0.632. The second-order valence-electron chi connectivity index (χ2n) is 7.17. The Balaban J connectivity index is 1.65. The predicted octanol–water partition coefficient (Wildman–Crippen LogP) is 2.72. The minimum atomic E-state index is -0.349. The topological polar surface area (TPSA) is 44.8 Å². The van der Waals surface area contributed by atoms with Crippen LogP contribution in [0.4, 0.5) is 10.1 Å². The number of halogens is 1. The lowest BCUT2D eigenvalue weighted by Crippen LogP contribution is -2.51. The van der Waals surface area contributed by atoms with Gasteiger partial charge in [0, 0.05) is 32.2 Å². The Kier molecular flexibility index (Phi) is 5.91. The van der Waals surface area contributed by atoms with E-state index in [1.54, 1.807) is 6.07 Å². The zero-order valence-electron chi connectivity index (χ0n) is 15.1. The molecule has 25 heavy (non-hydrogen) atoms. The van der Waals surface area contributed by atoms with E-state index < -0.39 is 0 Å². The molecule has 1 atom stereocenters. The van der Waals surface area contributed by atoms with Gasteiger partial charge in [0.2, 0.25) is 5.91 Å². The summed E-state index contributed by atoms with van der Waals surface area (Å²) in [6, 6.07) is 4.10. The smallest absolute Gasteiger partial charge is 0.241 e. The van der Waals surface area contributed by atoms with E-state index in [1.807, 2.05) is 6.92 Å². The molecule has 0 unspecified atom stereocenters. The van der Waals surface area contributed by atoms with E-state index in [9.17, 15) is 9.18 Å². The third-order valence-corrected chi connectivity index (χ3v) is 5.26. The maximum absolute atomic E-state index is 13.6. The summed E-state index contributed by atoms with van der Waals surface area (Å²) in [5.41, 5.74) is 0.555. The van der Waals surface area contributed by atoms with E-state index in [4.69, 9.17) is 4.74 Å². The van der Waals surface area contributed by atoms with Gasteiger partial charge in [-0.05, 0) is 51.8 Å². The van der Waals surface area contributed by atoms with Crippen LogP contribution in [0.1, 0.15) is 32.6 Å². The molecule has 0 spiro atoms. The van der Waals surface area contributed by atoms with Crippen LogP contribution in [0.5, 0.6) is 5.75 Å². The largest absolute Gasteiger partial charge is 0.488 e. The first kappa shape index (κ1) is 18.1. The van der Waals surface area contributed by atoms with Crippen molar-refractivity contribution in [2.45, 2.75) is 44.8 Å². The van der Waals surface area contributed by atoms with Gasteiger partial charge in [0.05, 0.1) is 17.8 Å². The van der Waals surface area contributed by atoms with Crippen molar-refractivity contribution in [1.29, 1.82) is 0 Å². The van der Waals surface area contributed by atoms with Gasteiger partial charge in [0.1, 0.15) is 11.6 Å². The van der Waals surface area contributed by atoms with Crippen LogP contribution in [-0.2, 0) is 4.79 Å². The normalized spacial score (nSPS) is 21.2. The molecule has 1 aromatic carbocycles. The fourth-order valence-electron chi connectivity index (χ4n) is 3.49. The molecule has 6 heteroatoms. The number of amides is 1. The zero-order valence-corrected chi connectivity index (χ0v) is 15.1. The van der Waals surface area contributed by atoms with Crippen LogP contribution < -0.4 is 10.1 Å². The van der Waals surface area contributed by atoms with Crippen molar-refractivity contribution in [2.75, 3.05) is 38.5 Å². The standard InChI is InChI=1S/C19H28FN3O2/c1-14(23-11-9-22(2)10-12-23)19(24)21-17-8-7-15(20)13-18(17)25-16-5-3-4-6-16/h7-8,13-14,16H,3-6,9-12H2,1-2H3,(H,21,24)/t14-/m0/s1. The summed E-state index contributed by atoms with van der Waals surface area (Å²) >= 11 is 0. The molecular weight excluding hydrogens is 321 g/mol. The number of carbonyl (C=O) groups excluding carboxylic acids is 1. The van der Waals surface area contributed by atoms with Crippen LogP contribution in [0, 0.1) is 5.82 Å². The van der Waals surface area contributed by atoms with Crippen LogP contribution in [-0.4, -0.2) is 61.1 Å². The molecule has 3 rings (SSSR count). The van der Waals surface area contributed by atoms with Crippen LogP contribution in [0.2, 0.25) is 0 Å². The van der Waals surface area contributed by atoms with Gasteiger partial charge in [-0.15, -0.1) is 0 Å². The molecule has 2 fully saturated rings. The van der Waals surface area contributed by atoms with Crippen molar-refractivity contribution in [3.8, 4) is 5.75 Å². The van der Waals surface area contributed by atoms with E-state index >= 15 is 0 Å². The number of benzene rings is 1. The lowest BCUT2D eigenvalue weighted by molar-refractivity contribution is -0.121. The van der Waals surface area contributed by atoms with Gasteiger partial charge >= 0.3 is 0 Å². The Morgan fingerprint density at radius 1 is 1.24 bits per heavy atom. The number of rotatable bonds is 5. The third kappa shape index (κ3) is 4.70. The quantitative estimate of drug-likeness (QED) is 0.888. The van der Waals surface area contributed by atoms with Gasteiger partial charge in [-0.25, -0.2) is 4.39 Å². The molecule has 1 saturated heterocycles. The van der Waals surface area contributed by atoms with Gasteiger partial charge in [0.15, 0.2) is 0 Å². The number of nitrogens with one attached hydrogen (secondary N) is 1.